The number of thioether (sulfide) groups is 1. The van der Waals surface area contributed by atoms with Crippen LogP contribution in [0, 0.1) is 0 Å². The molecule has 2 heterocycles. The van der Waals surface area contributed by atoms with Crippen molar-refractivity contribution in [2.45, 2.75) is 25.1 Å². The first-order chi connectivity index (χ1) is 13.2. The van der Waals surface area contributed by atoms with Gasteiger partial charge in [-0.3, -0.25) is 5.01 Å². The Morgan fingerprint density at radius 2 is 1.96 bits per heavy atom. The summed E-state index contributed by atoms with van der Waals surface area (Å²) in [7, 11) is 3.30. The molecule has 4 rings (SSSR count). The smallest absolute Gasteiger partial charge is 0.188 e. The van der Waals surface area contributed by atoms with E-state index >= 15 is 0 Å². The Labute approximate surface area is 164 Å². The zero-order chi connectivity index (χ0) is 18.8. The van der Waals surface area contributed by atoms with E-state index in [1.165, 1.54) is 5.56 Å². The maximum atomic E-state index is 6.27. The van der Waals surface area contributed by atoms with Gasteiger partial charge < -0.3 is 14.2 Å². The number of rotatable bonds is 6. The third kappa shape index (κ3) is 3.34. The molecular formula is C21H24N2O3S. The lowest BCUT2D eigenvalue weighted by atomic mass is 9.96. The zero-order valence-corrected chi connectivity index (χ0v) is 16.7. The van der Waals surface area contributed by atoms with Crippen molar-refractivity contribution in [1.82, 2.24) is 5.01 Å². The Balaban J connectivity index is 1.68. The van der Waals surface area contributed by atoms with Crippen LogP contribution >= 0.6 is 11.8 Å². The summed E-state index contributed by atoms with van der Waals surface area (Å²) in [4.78, 5) is 0. The lowest BCUT2D eigenvalue weighted by Crippen LogP contribution is -2.40. The number of hydrazone groups is 1. The summed E-state index contributed by atoms with van der Waals surface area (Å²) in [6, 6.07) is 14.5. The highest BCUT2D eigenvalue weighted by atomic mass is 32.2. The van der Waals surface area contributed by atoms with E-state index in [1.807, 2.05) is 36.0 Å². The van der Waals surface area contributed by atoms with Gasteiger partial charge in [0.25, 0.3) is 0 Å². The van der Waals surface area contributed by atoms with Crippen molar-refractivity contribution in [3.8, 4) is 17.2 Å². The van der Waals surface area contributed by atoms with Crippen LogP contribution in [0.1, 0.15) is 30.0 Å². The molecule has 0 saturated heterocycles. The maximum Gasteiger partial charge on any atom is 0.188 e. The van der Waals surface area contributed by atoms with E-state index in [-0.39, 0.29) is 12.3 Å². The Hall–Kier alpha value is -2.34. The molecule has 0 bridgehead atoms. The molecule has 0 spiro atoms. The van der Waals surface area contributed by atoms with Gasteiger partial charge in [-0.05, 0) is 36.3 Å². The summed E-state index contributed by atoms with van der Waals surface area (Å²) in [5.74, 6) is 3.47. The third-order valence-corrected chi connectivity index (χ3v) is 5.71. The van der Waals surface area contributed by atoms with Crippen LogP contribution in [0.15, 0.2) is 47.6 Å². The lowest BCUT2D eigenvalue weighted by Gasteiger charge is -2.38. The van der Waals surface area contributed by atoms with Crippen LogP contribution in [0.25, 0.3) is 0 Å². The van der Waals surface area contributed by atoms with Gasteiger partial charge in [0.05, 0.1) is 26.0 Å². The van der Waals surface area contributed by atoms with Crippen molar-refractivity contribution in [3.63, 3.8) is 0 Å². The van der Waals surface area contributed by atoms with Gasteiger partial charge in [0.2, 0.25) is 0 Å². The first-order valence-electron chi connectivity index (χ1n) is 9.08. The van der Waals surface area contributed by atoms with Crippen LogP contribution < -0.4 is 14.2 Å². The number of hydrogen-bond acceptors (Lipinski definition) is 6. The molecule has 0 fully saturated rings. The van der Waals surface area contributed by atoms with E-state index in [0.29, 0.717) is 0 Å². The maximum absolute atomic E-state index is 6.27. The predicted octanol–water partition coefficient (Wildman–Crippen LogP) is 4.33. The minimum atomic E-state index is -0.0324. The second-order valence-electron chi connectivity index (χ2n) is 6.61. The summed E-state index contributed by atoms with van der Waals surface area (Å²) in [5.41, 5.74) is 3.32. The van der Waals surface area contributed by atoms with Gasteiger partial charge in [-0.25, -0.2) is 0 Å². The van der Waals surface area contributed by atoms with Gasteiger partial charge in [-0.1, -0.05) is 18.2 Å². The van der Waals surface area contributed by atoms with Gasteiger partial charge in [0.15, 0.2) is 17.7 Å². The van der Waals surface area contributed by atoms with Crippen LogP contribution in [0.2, 0.25) is 0 Å². The average Bonchev–Trinajstić information content (AvgIpc) is 3.17. The highest BCUT2D eigenvalue weighted by Gasteiger charge is 2.39. The van der Waals surface area contributed by atoms with Crippen molar-refractivity contribution < 1.29 is 14.2 Å². The van der Waals surface area contributed by atoms with Crippen molar-refractivity contribution >= 4 is 17.5 Å². The molecule has 0 aliphatic carbocycles. The standard InChI is InChI=1S/C21H24N2O3S/c1-24-19-9-8-14(12-20(19)25-2)16-13-17-15-6-4-5-7-18(15)26-21(10-11-27-3)23(17)22-16/h4-9,12,17,21H,10-11,13H2,1-3H3/t17-,21+/m1/s1. The summed E-state index contributed by atoms with van der Waals surface area (Å²) >= 11 is 1.83. The molecule has 2 aliphatic heterocycles. The predicted molar refractivity (Wildman–Crippen MR) is 109 cm³/mol. The number of benzene rings is 2. The Bertz CT molecular complexity index is 855. The summed E-state index contributed by atoms with van der Waals surface area (Å²) in [6.45, 7) is 0. The molecule has 5 nitrogen and oxygen atoms in total. The van der Waals surface area contributed by atoms with Crippen LogP contribution in [0.5, 0.6) is 17.2 Å². The van der Waals surface area contributed by atoms with E-state index in [0.717, 1.165) is 47.1 Å². The summed E-state index contributed by atoms with van der Waals surface area (Å²) in [5, 5.41) is 7.11. The van der Waals surface area contributed by atoms with Gasteiger partial charge in [0, 0.05) is 24.0 Å². The second-order valence-corrected chi connectivity index (χ2v) is 7.59. The van der Waals surface area contributed by atoms with E-state index in [1.54, 1.807) is 14.2 Å². The number of fused-ring (bicyclic) bond motifs is 3. The molecule has 6 heteroatoms. The van der Waals surface area contributed by atoms with Crippen LogP contribution in [0.3, 0.4) is 0 Å². The van der Waals surface area contributed by atoms with E-state index in [9.17, 15) is 0 Å². The number of para-hydroxylation sites is 1. The van der Waals surface area contributed by atoms with Crippen molar-refractivity contribution in [2.24, 2.45) is 5.10 Å². The number of ether oxygens (including phenoxy) is 3. The van der Waals surface area contributed by atoms with Crippen LogP contribution in [-0.4, -0.2) is 43.2 Å². The molecule has 2 aromatic carbocycles. The molecule has 0 radical (unpaired) electrons. The third-order valence-electron chi connectivity index (χ3n) is 5.06. The number of hydrogen-bond donors (Lipinski definition) is 0. The lowest BCUT2D eigenvalue weighted by molar-refractivity contribution is -0.0180. The molecule has 2 aromatic rings. The molecule has 0 unspecified atom stereocenters. The SMILES string of the molecule is COc1ccc(C2=NN3[C@H](CCSC)Oc4ccccc4[C@H]3C2)cc1OC. The Morgan fingerprint density at radius 3 is 2.74 bits per heavy atom. The van der Waals surface area contributed by atoms with Crippen molar-refractivity contribution in [2.75, 3.05) is 26.2 Å². The van der Waals surface area contributed by atoms with Gasteiger partial charge in [-0.2, -0.15) is 16.9 Å². The molecule has 27 heavy (non-hydrogen) atoms. The first kappa shape index (κ1) is 18.0. The highest BCUT2D eigenvalue weighted by molar-refractivity contribution is 7.98. The zero-order valence-electron chi connectivity index (χ0n) is 15.8. The molecule has 0 saturated carbocycles. The van der Waals surface area contributed by atoms with E-state index in [2.05, 4.69) is 29.5 Å². The monoisotopic (exact) mass is 384 g/mol. The molecule has 2 aliphatic rings. The fraction of sp³-hybridized carbons (Fsp3) is 0.381. The topological polar surface area (TPSA) is 43.3 Å². The Morgan fingerprint density at radius 1 is 1.15 bits per heavy atom. The van der Waals surface area contributed by atoms with Crippen LogP contribution in [0.4, 0.5) is 0 Å². The minimum absolute atomic E-state index is 0.0324. The number of nitrogens with zero attached hydrogens (tertiary/aromatic N) is 2. The van der Waals surface area contributed by atoms with Crippen molar-refractivity contribution in [1.29, 1.82) is 0 Å². The fourth-order valence-electron chi connectivity index (χ4n) is 3.71. The van der Waals surface area contributed by atoms with Crippen LogP contribution in [-0.2, 0) is 0 Å². The highest BCUT2D eigenvalue weighted by Crippen LogP contribution is 2.44. The Kier molecular flexibility index (Phi) is 5.16. The van der Waals surface area contributed by atoms with Gasteiger partial charge in [-0.15, -0.1) is 0 Å². The molecule has 0 amide bonds. The summed E-state index contributed by atoms with van der Waals surface area (Å²) in [6.07, 6.45) is 3.88. The molecule has 0 N–H and O–H groups in total. The molecule has 142 valence electrons. The molecule has 0 aromatic heterocycles. The molecular weight excluding hydrogens is 360 g/mol. The fourth-order valence-corrected chi connectivity index (χ4v) is 4.15. The van der Waals surface area contributed by atoms with Gasteiger partial charge in [0.1, 0.15) is 5.75 Å². The van der Waals surface area contributed by atoms with Gasteiger partial charge >= 0.3 is 0 Å². The molecule has 2 atom stereocenters. The van der Waals surface area contributed by atoms with E-state index in [4.69, 9.17) is 19.3 Å². The average molecular weight is 385 g/mol. The minimum Gasteiger partial charge on any atom is -0.493 e. The quantitative estimate of drug-likeness (QED) is 0.742. The summed E-state index contributed by atoms with van der Waals surface area (Å²) < 4.78 is 17.1. The van der Waals surface area contributed by atoms with Crippen molar-refractivity contribution in [3.05, 3.63) is 53.6 Å². The van der Waals surface area contributed by atoms with E-state index < -0.39 is 0 Å². The second kappa shape index (κ2) is 7.72. The largest absolute Gasteiger partial charge is 0.493 e. The number of methoxy groups -OCH3 is 2. The normalized spacial score (nSPS) is 20.4. The first-order valence-corrected chi connectivity index (χ1v) is 10.5.